The van der Waals surface area contributed by atoms with Gasteiger partial charge in [-0.05, 0) is 24.1 Å². The van der Waals surface area contributed by atoms with Crippen LogP contribution in [0, 0.1) is 11.7 Å². The second kappa shape index (κ2) is 8.68. The number of ketones is 1. The molecule has 0 bridgehead atoms. The largest absolute Gasteiger partial charge is 0.481 e. The van der Waals surface area contributed by atoms with Gasteiger partial charge in [-0.2, -0.15) is 0 Å². The second-order valence-corrected chi connectivity index (χ2v) is 7.16. The molecule has 0 aliphatic heterocycles. The summed E-state index contributed by atoms with van der Waals surface area (Å²) in [6.07, 6.45) is 0.342. The molecule has 27 heavy (non-hydrogen) atoms. The second-order valence-electron chi connectivity index (χ2n) is 6.30. The van der Waals surface area contributed by atoms with Crippen molar-refractivity contribution >= 4 is 23.1 Å². The zero-order valence-corrected chi connectivity index (χ0v) is 15.3. The average molecular weight is 383 g/mol. The molecule has 1 atom stereocenters. The molecule has 0 saturated heterocycles. The van der Waals surface area contributed by atoms with Crippen LogP contribution in [0.1, 0.15) is 17.7 Å². The van der Waals surface area contributed by atoms with Crippen LogP contribution in [0.2, 0.25) is 0 Å². The van der Waals surface area contributed by atoms with Gasteiger partial charge in [-0.25, -0.2) is 9.37 Å². The molecular weight excluding hydrogens is 365 g/mol. The number of aromatic nitrogens is 1. The molecule has 3 aromatic rings. The molecule has 0 radical (unpaired) electrons. The smallest absolute Gasteiger partial charge is 0.307 e. The molecule has 2 aromatic carbocycles. The first-order valence-corrected chi connectivity index (χ1v) is 9.38. The van der Waals surface area contributed by atoms with E-state index in [0.717, 1.165) is 5.56 Å². The first-order chi connectivity index (χ1) is 13.0. The summed E-state index contributed by atoms with van der Waals surface area (Å²) in [6, 6.07) is 15.4. The first-order valence-electron chi connectivity index (χ1n) is 8.50. The van der Waals surface area contributed by atoms with Crippen molar-refractivity contribution in [1.29, 1.82) is 0 Å². The number of carboxylic acids is 1. The molecule has 1 heterocycles. The molecule has 1 N–H and O–H groups in total. The van der Waals surface area contributed by atoms with Crippen molar-refractivity contribution in [3.63, 3.8) is 0 Å². The van der Waals surface area contributed by atoms with Crippen molar-refractivity contribution in [1.82, 2.24) is 4.98 Å². The number of carbonyl (C=O) groups is 2. The van der Waals surface area contributed by atoms with Gasteiger partial charge < -0.3 is 5.11 Å². The molecule has 6 heteroatoms. The van der Waals surface area contributed by atoms with Gasteiger partial charge >= 0.3 is 5.97 Å². The van der Waals surface area contributed by atoms with Crippen LogP contribution in [0.4, 0.5) is 4.39 Å². The van der Waals surface area contributed by atoms with Gasteiger partial charge in [0.2, 0.25) is 0 Å². The highest BCUT2D eigenvalue weighted by Crippen LogP contribution is 2.25. The maximum absolute atomic E-state index is 13.3. The van der Waals surface area contributed by atoms with Crippen molar-refractivity contribution in [2.24, 2.45) is 5.92 Å². The number of carbonyl (C=O) groups excluding carboxylic acids is 1. The van der Waals surface area contributed by atoms with Crippen molar-refractivity contribution in [2.75, 3.05) is 0 Å². The Morgan fingerprint density at radius 2 is 1.89 bits per heavy atom. The highest BCUT2D eigenvalue weighted by atomic mass is 32.1. The van der Waals surface area contributed by atoms with E-state index in [1.54, 1.807) is 17.5 Å². The maximum Gasteiger partial charge on any atom is 0.307 e. The monoisotopic (exact) mass is 383 g/mol. The molecule has 1 aromatic heterocycles. The summed E-state index contributed by atoms with van der Waals surface area (Å²) in [5.74, 6) is -2.26. The Bertz CT molecular complexity index is 939. The average Bonchev–Trinajstić information content (AvgIpc) is 3.10. The van der Waals surface area contributed by atoms with E-state index in [9.17, 15) is 19.1 Å². The summed E-state index contributed by atoms with van der Waals surface area (Å²) in [5.41, 5.74) is 2.12. The Morgan fingerprint density at radius 1 is 1.11 bits per heavy atom. The number of carboxylic acid groups (broad SMARTS) is 1. The zero-order chi connectivity index (χ0) is 19.2. The summed E-state index contributed by atoms with van der Waals surface area (Å²) in [4.78, 5) is 28.3. The minimum atomic E-state index is -0.981. The van der Waals surface area contributed by atoms with Gasteiger partial charge in [-0.15, -0.1) is 11.3 Å². The normalized spacial score (nSPS) is 11.9. The van der Waals surface area contributed by atoms with Gasteiger partial charge in [0.25, 0.3) is 0 Å². The molecular formula is C21H18FNO3S. The number of nitrogens with zero attached hydrogens (tertiary/aromatic N) is 1. The first kappa shape index (κ1) is 18.9. The fourth-order valence-corrected chi connectivity index (χ4v) is 3.65. The van der Waals surface area contributed by atoms with Crippen molar-refractivity contribution < 1.29 is 19.1 Å². The Balaban J connectivity index is 1.63. The molecule has 0 unspecified atom stereocenters. The topological polar surface area (TPSA) is 67.3 Å². The summed E-state index contributed by atoms with van der Waals surface area (Å²) >= 11 is 1.33. The maximum atomic E-state index is 13.3. The fourth-order valence-electron chi connectivity index (χ4n) is 2.84. The van der Waals surface area contributed by atoms with E-state index in [-0.39, 0.29) is 24.4 Å². The Labute approximate surface area is 160 Å². The van der Waals surface area contributed by atoms with E-state index in [2.05, 4.69) is 4.98 Å². The van der Waals surface area contributed by atoms with Crippen LogP contribution in [0.25, 0.3) is 10.6 Å². The fraction of sp³-hybridized carbons (Fsp3) is 0.190. The Hall–Kier alpha value is -2.86. The summed E-state index contributed by atoms with van der Waals surface area (Å²) in [6.45, 7) is 0. The lowest BCUT2D eigenvalue weighted by atomic mass is 9.93. The van der Waals surface area contributed by atoms with Crippen molar-refractivity contribution in [2.45, 2.75) is 19.3 Å². The SMILES string of the molecule is O=C(Cc1csc(-c2cccc(F)c2)n1)C[C@H](Cc1ccccc1)C(=O)O. The number of halogens is 1. The van der Waals surface area contributed by atoms with Gasteiger partial charge in [0.15, 0.2) is 0 Å². The van der Waals surface area contributed by atoms with Crippen LogP contribution < -0.4 is 0 Å². The van der Waals surface area contributed by atoms with Gasteiger partial charge in [0.1, 0.15) is 16.6 Å². The number of hydrogen-bond donors (Lipinski definition) is 1. The predicted molar refractivity (Wildman–Crippen MR) is 102 cm³/mol. The van der Waals surface area contributed by atoms with Crippen LogP contribution in [0.3, 0.4) is 0 Å². The number of thiazole rings is 1. The highest BCUT2D eigenvalue weighted by molar-refractivity contribution is 7.13. The standard InChI is InChI=1S/C21H18FNO3S/c22-17-8-4-7-15(10-17)20-23-18(13-27-20)12-19(24)11-16(21(25)26)9-14-5-2-1-3-6-14/h1-8,10,13,16H,9,11-12H2,(H,25,26)/t16-/m0/s1. The van der Waals surface area contributed by atoms with E-state index < -0.39 is 11.9 Å². The van der Waals surface area contributed by atoms with Crippen LogP contribution in [0.15, 0.2) is 60.0 Å². The lowest BCUT2D eigenvalue weighted by Gasteiger charge is -2.11. The molecule has 0 amide bonds. The number of rotatable bonds is 8. The molecule has 0 spiro atoms. The van der Waals surface area contributed by atoms with E-state index >= 15 is 0 Å². The van der Waals surface area contributed by atoms with Crippen molar-refractivity contribution in [3.05, 3.63) is 77.1 Å². The number of aliphatic carboxylic acids is 1. The molecule has 138 valence electrons. The molecule has 0 aliphatic carbocycles. The number of benzene rings is 2. The minimum Gasteiger partial charge on any atom is -0.481 e. The molecule has 0 aliphatic rings. The highest BCUT2D eigenvalue weighted by Gasteiger charge is 2.22. The Kier molecular flexibility index (Phi) is 6.08. The molecule has 3 rings (SSSR count). The third kappa shape index (κ3) is 5.31. The van der Waals surface area contributed by atoms with Gasteiger partial charge in [-0.3, -0.25) is 9.59 Å². The van der Waals surface area contributed by atoms with Crippen LogP contribution in [0.5, 0.6) is 0 Å². The summed E-state index contributed by atoms with van der Waals surface area (Å²) in [7, 11) is 0. The molecule has 0 fully saturated rings. The minimum absolute atomic E-state index is 0.0446. The van der Waals surface area contributed by atoms with E-state index in [1.807, 2.05) is 30.3 Å². The van der Waals surface area contributed by atoms with E-state index in [1.165, 1.54) is 23.5 Å². The van der Waals surface area contributed by atoms with Gasteiger partial charge in [0, 0.05) is 23.8 Å². The van der Waals surface area contributed by atoms with Crippen LogP contribution in [-0.2, 0) is 22.4 Å². The lowest BCUT2D eigenvalue weighted by molar-refractivity contribution is -0.143. The Morgan fingerprint density at radius 3 is 2.59 bits per heavy atom. The third-order valence-electron chi connectivity index (χ3n) is 4.15. The predicted octanol–water partition coefficient (Wildman–Crippen LogP) is 4.39. The summed E-state index contributed by atoms with van der Waals surface area (Å²) < 4.78 is 13.3. The number of hydrogen-bond acceptors (Lipinski definition) is 4. The van der Waals surface area contributed by atoms with Crippen LogP contribution >= 0.6 is 11.3 Å². The quantitative estimate of drug-likeness (QED) is 0.626. The van der Waals surface area contributed by atoms with Gasteiger partial charge in [-0.1, -0.05) is 42.5 Å². The molecule has 0 saturated carbocycles. The third-order valence-corrected chi connectivity index (χ3v) is 5.09. The van der Waals surface area contributed by atoms with E-state index in [0.29, 0.717) is 22.7 Å². The number of Topliss-reactive ketones (excluding diaryl/α,β-unsaturated/α-hetero) is 1. The summed E-state index contributed by atoms with van der Waals surface area (Å²) in [5, 5.41) is 11.8. The van der Waals surface area contributed by atoms with Gasteiger partial charge in [0.05, 0.1) is 11.6 Å². The zero-order valence-electron chi connectivity index (χ0n) is 14.5. The van der Waals surface area contributed by atoms with Crippen molar-refractivity contribution in [3.8, 4) is 10.6 Å². The van der Waals surface area contributed by atoms with Crippen LogP contribution in [-0.4, -0.2) is 21.8 Å². The van der Waals surface area contributed by atoms with E-state index in [4.69, 9.17) is 0 Å². The molecule has 4 nitrogen and oxygen atoms in total. The lowest BCUT2D eigenvalue weighted by Crippen LogP contribution is -2.21.